The van der Waals surface area contributed by atoms with E-state index in [-0.39, 0.29) is 11.2 Å². The topological polar surface area (TPSA) is 77.9 Å². The van der Waals surface area contributed by atoms with Crippen LogP contribution in [-0.4, -0.2) is 30.5 Å². The van der Waals surface area contributed by atoms with Gasteiger partial charge in [0.25, 0.3) is 0 Å². The molecule has 0 radical (unpaired) electrons. The molecule has 3 heterocycles. The van der Waals surface area contributed by atoms with Crippen LogP contribution in [0.1, 0.15) is 19.6 Å². The summed E-state index contributed by atoms with van der Waals surface area (Å²) < 4.78 is 9.56. The number of carbonyl (C=O) groups excluding carboxylic acids is 1. The Morgan fingerprint density at radius 2 is 1.91 bits per heavy atom. The molecule has 7 nitrogen and oxygen atoms in total. The van der Waals surface area contributed by atoms with Crippen molar-refractivity contribution in [2.24, 2.45) is 7.05 Å². The fourth-order valence-corrected chi connectivity index (χ4v) is 5.01. The van der Waals surface area contributed by atoms with Gasteiger partial charge < -0.3 is 18.9 Å². The van der Waals surface area contributed by atoms with Crippen molar-refractivity contribution in [1.29, 1.82) is 0 Å². The maximum atomic E-state index is 13.0. The molecule has 2 aromatic carbocycles. The summed E-state index contributed by atoms with van der Waals surface area (Å²) in [6.45, 7) is 6.80. The van der Waals surface area contributed by atoms with Gasteiger partial charge in [-0.1, -0.05) is 30.0 Å². The van der Waals surface area contributed by atoms with Crippen molar-refractivity contribution in [2.45, 2.75) is 37.7 Å². The van der Waals surface area contributed by atoms with E-state index in [1.165, 1.54) is 28.2 Å². The van der Waals surface area contributed by atoms with Gasteiger partial charge in [0.15, 0.2) is 11.0 Å². The third kappa shape index (κ3) is 3.70. The summed E-state index contributed by atoms with van der Waals surface area (Å²) in [7, 11) is 1.89. The fourth-order valence-electron chi connectivity index (χ4n) is 4.20. The average Bonchev–Trinajstić information content (AvgIpc) is 3.49. The average molecular weight is 460 g/mol. The van der Waals surface area contributed by atoms with Gasteiger partial charge in [-0.15, -0.1) is 10.2 Å². The highest BCUT2D eigenvalue weighted by Gasteiger charge is 2.21. The molecule has 0 aliphatic heterocycles. The largest absolute Gasteiger partial charge is 0.469 e. The molecule has 0 fully saturated rings. The first kappa shape index (κ1) is 21.3. The van der Waals surface area contributed by atoms with Crippen LogP contribution in [0.4, 0.5) is 5.69 Å². The number of para-hydroxylation sites is 1. The van der Waals surface area contributed by atoms with Crippen molar-refractivity contribution >= 4 is 45.2 Å². The number of nitrogens with one attached hydrogen (secondary N) is 1. The van der Waals surface area contributed by atoms with Crippen molar-refractivity contribution in [3.05, 3.63) is 60.6 Å². The van der Waals surface area contributed by atoms with Crippen LogP contribution < -0.4 is 5.32 Å². The van der Waals surface area contributed by atoms with Crippen LogP contribution in [0.3, 0.4) is 0 Å². The van der Waals surface area contributed by atoms with Gasteiger partial charge >= 0.3 is 0 Å². The van der Waals surface area contributed by atoms with E-state index in [1.807, 2.05) is 43.7 Å². The van der Waals surface area contributed by atoms with E-state index in [1.54, 1.807) is 6.26 Å². The van der Waals surface area contributed by atoms with Crippen LogP contribution in [0.15, 0.2) is 64.4 Å². The molecule has 33 heavy (non-hydrogen) atoms. The number of nitrogens with zero attached hydrogens (tertiary/aromatic N) is 4. The lowest BCUT2D eigenvalue weighted by atomic mass is 10.1. The van der Waals surface area contributed by atoms with E-state index in [4.69, 9.17) is 4.42 Å². The number of hydrogen-bond donors (Lipinski definition) is 1. The first-order valence-corrected chi connectivity index (χ1v) is 11.8. The molecule has 0 spiro atoms. The van der Waals surface area contributed by atoms with Crippen LogP contribution in [0.25, 0.3) is 33.2 Å². The predicted octanol–water partition coefficient (Wildman–Crippen LogP) is 5.63. The Labute approximate surface area is 195 Å². The molecule has 1 amide bonds. The summed E-state index contributed by atoms with van der Waals surface area (Å²) in [6, 6.07) is 16.3. The summed E-state index contributed by atoms with van der Waals surface area (Å²) in [6.07, 6.45) is 1.64. The monoisotopic (exact) mass is 459 g/mol. The number of fused-ring (bicyclic) bond motifs is 3. The van der Waals surface area contributed by atoms with Crippen molar-refractivity contribution < 1.29 is 9.21 Å². The molecule has 0 saturated heterocycles. The van der Waals surface area contributed by atoms with Crippen LogP contribution in [0, 0.1) is 6.92 Å². The third-order valence-electron chi connectivity index (χ3n) is 5.94. The number of amides is 1. The van der Waals surface area contributed by atoms with Crippen LogP contribution in [-0.2, 0) is 18.4 Å². The Kier molecular flexibility index (Phi) is 5.46. The first-order valence-electron chi connectivity index (χ1n) is 10.9. The number of furan rings is 1. The van der Waals surface area contributed by atoms with Crippen LogP contribution >= 0.6 is 11.8 Å². The zero-order chi connectivity index (χ0) is 23.1. The van der Waals surface area contributed by atoms with E-state index in [0.29, 0.717) is 11.0 Å². The summed E-state index contributed by atoms with van der Waals surface area (Å²) in [5.74, 6) is 1.42. The number of thioether (sulfide) groups is 1. The quantitative estimate of drug-likeness (QED) is 0.333. The summed E-state index contributed by atoms with van der Waals surface area (Å²) in [4.78, 5) is 13.0. The van der Waals surface area contributed by atoms with Gasteiger partial charge in [0.2, 0.25) is 5.91 Å². The second kappa shape index (κ2) is 8.44. The highest BCUT2D eigenvalue weighted by molar-refractivity contribution is 8.00. The maximum Gasteiger partial charge on any atom is 0.237 e. The molecular formula is C25H25N5O2S. The van der Waals surface area contributed by atoms with Gasteiger partial charge in [-0.2, -0.15) is 0 Å². The lowest BCUT2D eigenvalue weighted by Crippen LogP contribution is -2.22. The Balaban J connectivity index is 1.36. The highest BCUT2D eigenvalue weighted by atomic mass is 32.2. The maximum absolute atomic E-state index is 13.0. The molecule has 5 aromatic rings. The van der Waals surface area contributed by atoms with Crippen molar-refractivity contribution in [3.8, 4) is 11.4 Å². The lowest BCUT2D eigenvalue weighted by molar-refractivity contribution is -0.115. The Morgan fingerprint density at radius 1 is 1.12 bits per heavy atom. The number of anilines is 1. The molecule has 8 heteroatoms. The number of aromatic nitrogens is 4. The zero-order valence-corrected chi connectivity index (χ0v) is 19.8. The molecule has 0 saturated carbocycles. The molecule has 1 atom stereocenters. The van der Waals surface area contributed by atoms with Gasteiger partial charge in [0.1, 0.15) is 5.76 Å². The number of hydrogen-bond acceptors (Lipinski definition) is 5. The van der Waals surface area contributed by atoms with Crippen molar-refractivity contribution in [2.75, 3.05) is 5.32 Å². The Morgan fingerprint density at radius 3 is 2.67 bits per heavy atom. The van der Waals surface area contributed by atoms with E-state index in [0.717, 1.165) is 28.9 Å². The van der Waals surface area contributed by atoms with Crippen LogP contribution in [0.5, 0.6) is 0 Å². The zero-order valence-electron chi connectivity index (χ0n) is 19.0. The second-order valence-electron chi connectivity index (χ2n) is 8.00. The molecule has 0 aliphatic rings. The normalized spacial score (nSPS) is 12.5. The summed E-state index contributed by atoms with van der Waals surface area (Å²) in [5, 5.41) is 14.3. The van der Waals surface area contributed by atoms with Crippen molar-refractivity contribution in [1.82, 2.24) is 19.3 Å². The third-order valence-corrected chi connectivity index (χ3v) is 7.08. The first-order chi connectivity index (χ1) is 16.0. The Bertz CT molecular complexity index is 1480. The molecule has 3 aromatic heterocycles. The molecule has 168 valence electrons. The molecule has 0 aliphatic carbocycles. The van der Waals surface area contributed by atoms with Gasteiger partial charge in [0, 0.05) is 41.1 Å². The molecule has 5 rings (SSSR count). The minimum Gasteiger partial charge on any atom is -0.469 e. The Hall–Kier alpha value is -3.52. The predicted molar refractivity (Wildman–Crippen MR) is 133 cm³/mol. The molecular weight excluding hydrogens is 434 g/mol. The summed E-state index contributed by atoms with van der Waals surface area (Å²) in [5.41, 5.74) is 4.05. The van der Waals surface area contributed by atoms with E-state index in [9.17, 15) is 4.79 Å². The van der Waals surface area contributed by atoms with E-state index >= 15 is 0 Å². The van der Waals surface area contributed by atoms with Gasteiger partial charge in [-0.25, -0.2) is 0 Å². The molecule has 0 bridgehead atoms. The van der Waals surface area contributed by atoms with Gasteiger partial charge in [0.05, 0.1) is 17.1 Å². The SMILES string of the molecule is CCn1c2ccccc2c2cc(NC(=O)C(C)Sc3nnc(-c4ccoc4C)n3C)ccc21. The number of rotatable bonds is 6. The smallest absolute Gasteiger partial charge is 0.237 e. The summed E-state index contributed by atoms with van der Waals surface area (Å²) >= 11 is 1.38. The van der Waals surface area contributed by atoms with Gasteiger partial charge in [-0.05, 0) is 51.1 Å². The number of aryl methyl sites for hydroxylation is 2. The van der Waals surface area contributed by atoms with Crippen LogP contribution in [0.2, 0.25) is 0 Å². The fraction of sp³-hybridized carbons (Fsp3) is 0.240. The second-order valence-corrected chi connectivity index (χ2v) is 9.31. The van der Waals surface area contributed by atoms with Gasteiger partial charge in [-0.3, -0.25) is 4.79 Å². The minimum atomic E-state index is -0.348. The lowest BCUT2D eigenvalue weighted by Gasteiger charge is -2.12. The molecule has 1 unspecified atom stereocenters. The number of benzene rings is 2. The minimum absolute atomic E-state index is 0.0809. The molecule has 1 N–H and O–H groups in total. The standard InChI is InChI=1S/C25H25N5O2S/c1-5-30-21-9-7-6-8-19(21)20-14-17(10-11-22(20)30)26-24(31)16(3)33-25-28-27-23(29(25)4)18-12-13-32-15(18)2/h6-14,16H,5H2,1-4H3,(H,26,31). The van der Waals surface area contributed by atoms with E-state index < -0.39 is 0 Å². The number of carbonyl (C=O) groups is 1. The van der Waals surface area contributed by atoms with E-state index in [2.05, 4.69) is 57.3 Å². The van der Waals surface area contributed by atoms with Crippen molar-refractivity contribution in [3.63, 3.8) is 0 Å². The highest BCUT2D eigenvalue weighted by Crippen LogP contribution is 2.32.